The number of anilines is 2. The first-order valence-corrected chi connectivity index (χ1v) is 8.11. The third-order valence-electron chi connectivity index (χ3n) is 3.38. The second-order valence-electron chi connectivity index (χ2n) is 5.24. The highest BCUT2D eigenvalue weighted by Gasteiger charge is 2.18. The van der Waals surface area contributed by atoms with Gasteiger partial charge < -0.3 is 10.2 Å². The van der Waals surface area contributed by atoms with E-state index in [0.29, 0.717) is 16.9 Å². The lowest BCUT2D eigenvalue weighted by atomic mass is 10.1. The van der Waals surface area contributed by atoms with Crippen molar-refractivity contribution in [1.82, 2.24) is 0 Å². The number of ketones is 1. The lowest BCUT2D eigenvalue weighted by Gasteiger charge is -2.22. The highest BCUT2D eigenvalue weighted by atomic mass is 79.9. The Bertz CT molecular complexity index is 789. The topological polar surface area (TPSA) is 66.5 Å². The Morgan fingerprint density at radius 3 is 2.38 bits per heavy atom. The van der Waals surface area contributed by atoms with Crippen LogP contribution in [0.25, 0.3) is 0 Å². The second kappa shape index (κ2) is 7.88. The molecule has 0 spiro atoms. The van der Waals surface area contributed by atoms with E-state index in [0.717, 1.165) is 4.47 Å². The molecule has 0 unspecified atom stereocenters. The van der Waals surface area contributed by atoms with E-state index >= 15 is 0 Å². The molecule has 0 saturated carbocycles. The van der Waals surface area contributed by atoms with Crippen molar-refractivity contribution in [3.8, 4) is 0 Å². The summed E-state index contributed by atoms with van der Waals surface area (Å²) in [6.45, 7) is 2.75. The molecule has 0 aliphatic heterocycles. The molecule has 6 heteroatoms. The van der Waals surface area contributed by atoms with E-state index in [-0.39, 0.29) is 24.1 Å². The summed E-state index contributed by atoms with van der Waals surface area (Å²) in [5, 5.41) is 2.71. The normalized spacial score (nSPS) is 10.1. The molecule has 2 aromatic rings. The monoisotopic (exact) mass is 388 g/mol. The van der Waals surface area contributed by atoms with Crippen LogP contribution in [0.15, 0.2) is 53.0 Å². The molecule has 0 heterocycles. The average molecular weight is 389 g/mol. The highest BCUT2D eigenvalue weighted by Crippen LogP contribution is 2.25. The minimum Gasteiger partial charge on any atom is -0.325 e. The summed E-state index contributed by atoms with van der Waals surface area (Å²) in [5.41, 5.74) is 1.66. The lowest BCUT2D eigenvalue weighted by Crippen LogP contribution is -2.36. The van der Waals surface area contributed by atoms with Gasteiger partial charge in [-0.3, -0.25) is 14.4 Å². The second-order valence-corrected chi connectivity index (χ2v) is 6.10. The maximum Gasteiger partial charge on any atom is 0.244 e. The Balaban J connectivity index is 2.15. The van der Waals surface area contributed by atoms with E-state index < -0.39 is 0 Å². The summed E-state index contributed by atoms with van der Waals surface area (Å²) in [4.78, 5) is 37.0. The first-order valence-electron chi connectivity index (χ1n) is 7.32. The van der Waals surface area contributed by atoms with Crippen LogP contribution in [-0.2, 0) is 9.59 Å². The fraction of sp³-hybridized carbons (Fsp3) is 0.167. The van der Waals surface area contributed by atoms with Crippen molar-refractivity contribution in [2.75, 3.05) is 16.8 Å². The maximum atomic E-state index is 12.3. The summed E-state index contributed by atoms with van der Waals surface area (Å²) in [6.07, 6.45) is 0. The molecular formula is C18H17BrN2O3. The van der Waals surface area contributed by atoms with Crippen LogP contribution >= 0.6 is 15.9 Å². The number of hydrogen-bond acceptors (Lipinski definition) is 3. The zero-order valence-electron chi connectivity index (χ0n) is 13.4. The molecule has 0 radical (unpaired) electrons. The van der Waals surface area contributed by atoms with Gasteiger partial charge in [-0.25, -0.2) is 0 Å². The van der Waals surface area contributed by atoms with Gasteiger partial charge in [0.25, 0.3) is 0 Å². The van der Waals surface area contributed by atoms with Gasteiger partial charge in [0.2, 0.25) is 11.8 Å². The average Bonchev–Trinajstić information content (AvgIpc) is 2.53. The fourth-order valence-electron chi connectivity index (χ4n) is 2.20. The summed E-state index contributed by atoms with van der Waals surface area (Å²) >= 11 is 3.38. The van der Waals surface area contributed by atoms with Crippen LogP contribution in [0, 0.1) is 0 Å². The Morgan fingerprint density at radius 1 is 1.04 bits per heavy atom. The first kappa shape index (κ1) is 17.9. The molecule has 1 N–H and O–H groups in total. The molecule has 5 nitrogen and oxygen atoms in total. The third kappa shape index (κ3) is 4.52. The Labute approximate surface area is 148 Å². The number of carbonyl (C=O) groups is 3. The molecule has 0 saturated heterocycles. The van der Waals surface area contributed by atoms with Gasteiger partial charge >= 0.3 is 0 Å². The van der Waals surface area contributed by atoms with Crippen molar-refractivity contribution in [3.05, 3.63) is 58.6 Å². The van der Waals surface area contributed by atoms with Crippen molar-refractivity contribution >= 4 is 44.9 Å². The van der Waals surface area contributed by atoms with Gasteiger partial charge in [-0.1, -0.05) is 24.3 Å². The molecular weight excluding hydrogens is 372 g/mol. The number of nitrogens with one attached hydrogen (secondary N) is 1. The predicted molar refractivity (Wildman–Crippen MR) is 97.2 cm³/mol. The Kier molecular flexibility index (Phi) is 5.87. The van der Waals surface area contributed by atoms with Crippen LogP contribution < -0.4 is 10.2 Å². The molecule has 2 aromatic carbocycles. The van der Waals surface area contributed by atoms with E-state index in [2.05, 4.69) is 21.2 Å². The van der Waals surface area contributed by atoms with E-state index in [1.54, 1.807) is 42.5 Å². The Morgan fingerprint density at radius 2 is 1.75 bits per heavy atom. The largest absolute Gasteiger partial charge is 0.325 e. The van der Waals surface area contributed by atoms with Crippen molar-refractivity contribution in [2.45, 2.75) is 13.8 Å². The van der Waals surface area contributed by atoms with E-state index in [4.69, 9.17) is 0 Å². The third-order valence-corrected chi connectivity index (χ3v) is 4.05. The molecule has 0 aliphatic carbocycles. The van der Waals surface area contributed by atoms with E-state index in [1.807, 2.05) is 6.07 Å². The number of hydrogen-bond donors (Lipinski definition) is 1. The van der Waals surface area contributed by atoms with Crippen LogP contribution in [-0.4, -0.2) is 24.1 Å². The SMILES string of the molecule is CC(=O)c1cccc(NC(=O)CN(C(C)=O)c2ccccc2Br)c1. The molecule has 0 aliphatic rings. The fourth-order valence-corrected chi connectivity index (χ4v) is 2.70. The zero-order valence-corrected chi connectivity index (χ0v) is 15.0. The van der Waals surface area contributed by atoms with Crippen molar-refractivity contribution < 1.29 is 14.4 Å². The molecule has 2 rings (SSSR count). The van der Waals surface area contributed by atoms with Crippen LogP contribution in [0.5, 0.6) is 0 Å². The van der Waals surface area contributed by atoms with E-state index in [1.165, 1.54) is 18.7 Å². The minimum atomic E-state index is -0.346. The summed E-state index contributed by atoms with van der Waals surface area (Å²) in [7, 11) is 0. The van der Waals surface area contributed by atoms with Crippen LogP contribution in [0.4, 0.5) is 11.4 Å². The summed E-state index contributed by atoms with van der Waals surface area (Å²) < 4.78 is 0.728. The first-order chi connectivity index (χ1) is 11.4. The van der Waals surface area contributed by atoms with Crippen molar-refractivity contribution in [1.29, 1.82) is 0 Å². The zero-order chi connectivity index (χ0) is 17.7. The predicted octanol–water partition coefficient (Wildman–Crippen LogP) is 3.64. The molecule has 0 fully saturated rings. The smallest absolute Gasteiger partial charge is 0.244 e. The number of amides is 2. The van der Waals surface area contributed by atoms with Crippen molar-refractivity contribution in [3.63, 3.8) is 0 Å². The lowest BCUT2D eigenvalue weighted by molar-refractivity contribution is -0.120. The van der Waals surface area contributed by atoms with Crippen LogP contribution in [0.2, 0.25) is 0 Å². The van der Waals surface area contributed by atoms with Gasteiger partial charge in [0.1, 0.15) is 6.54 Å². The minimum absolute atomic E-state index is 0.0790. The number of halogens is 1. The molecule has 2 amide bonds. The van der Waals surface area contributed by atoms with Crippen LogP contribution in [0.3, 0.4) is 0 Å². The summed E-state index contributed by atoms with van der Waals surface area (Å²) in [6, 6.07) is 13.9. The van der Waals surface area contributed by atoms with Gasteiger partial charge in [0, 0.05) is 22.6 Å². The number of Topliss-reactive ketones (excluding diaryl/α,β-unsaturated/α-hetero) is 1. The number of carbonyl (C=O) groups excluding carboxylic acids is 3. The van der Waals surface area contributed by atoms with Crippen molar-refractivity contribution in [2.24, 2.45) is 0 Å². The summed E-state index contributed by atoms with van der Waals surface area (Å²) in [5.74, 6) is -0.666. The molecule has 124 valence electrons. The van der Waals surface area contributed by atoms with E-state index in [9.17, 15) is 14.4 Å². The molecule has 24 heavy (non-hydrogen) atoms. The van der Waals surface area contributed by atoms with Gasteiger partial charge in [-0.2, -0.15) is 0 Å². The number of nitrogens with zero attached hydrogens (tertiary/aromatic N) is 1. The van der Waals surface area contributed by atoms with Gasteiger partial charge in [0.05, 0.1) is 5.69 Å². The number of benzene rings is 2. The number of rotatable bonds is 5. The van der Waals surface area contributed by atoms with Crippen LogP contribution in [0.1, 0.15) is 24.2 Å². The standard InChI is InChI=1S/C18H17BrN2O3/c1-12(22)14-6-5-7-15(10-14)20-18(24)11-21(13(2)23)17-9-4-3-8-16(17)19/h3-10H,11H2,1-2H3,(H,20,24). The number of para-hydroxylation sites is 1. The van der Waals surface area contributed by atoms with Gasteiger partial charge in [-0.05, 0) is 47.1 Å². The quantitative estimate of drug-likeness (QED) is 0.794. The highest BCUT2D eigenvalue weighted by molar-refractivity contribution is 9.10. The molecule has 0 bridgehead atoms. The maximum absolute atomic E-state index is 12.3. The Hall–Kier alpha value is -2.47. The van der Waals surface area contributed by atoms with Gasteiger partial charge in [-0.15, -0.1) is 0 Å². The molecule has 0 aromatic heterocycles. The molecule has 0 atom stereocenters. The van der Waals surface area contributed by atoms with Gasteiger partial charge in [0.15, 0.2) is 5.78 Å².